The van der Waals surface area contributed by atoms with E-state index in [-0.39, 0.29) is 17.3 Å². The van der Waals surface area contributed by atoms with Crippen LogP contribution < -0.4 is 10.5 Å². The predicted molar refractivity (Wildman–Crippen MR) is 43.8 cm³/mol. The van der Waals surface area contributed by atoms with Crippen LogP contribution in [0.3, 0.4) is 0 Å². The maximum atomic E-state index is 11.9. The Morgan fingerprint density at radius 3 is 2.64 bits per heavy atom. The van der Waals surface area contributed by atoms with Crippen LogP contribution in [-0.2, 0) is 6.54 Å². The van der Waals surface area contributed by atoms with Gasteiger partial charge in [-0.15, -0.1) is 13.2 Å². The van der Waals surface area contributed by atoms with Crippen LogP contribution in [0.15, 0.2) is 12.3 Å². The molecule has 0 aliphatic rings. The van der Waals surface area contributed by atoms with Crippen molar-refractivity contribution < 1.29 is 17.9 Å². The molecule has 0 fully saturated rings. The van der Waals surface area contributed by atoms with E-state index >= 15 is 0 Å². The minimum absolute atomic E-state index is 0.104. The zero-order chi connectivity index (χ0) is 10.8. The number of alkyl halides is 3. The van der Waals surface area contributed by atoms with Gasteiger partial charge in [-0.05, 0) is 6.07 Å². The normalized spacial score (nSPS) is 11.5. The largest absolute Gasteiger partial charge is 0.573 e. The van der Waals surface area contributed by atoms with Gasteiger partial charge in [0, 0.05) is 18.3 Å². The molecule has 0 atom stereocenters. The van der Waals surface area contributed by atoms with Crippen molar-refractivity contribution in [1.29, 1.82) is 0 Å². The van der Waals surface area contributed by atoms with E-state index in [4.69, 9.17) is 17.3 Å². The van der Waals surface area contributed by atoms with Crippen molar-refractivity contribution in [1.82, 2.24) is 4.98 Å². The molecule has 78 valence electrons. The molecule has 0 unspecified atom stereocenters. The highest BCUT2D eigenvalue weighted by molar-refractivity contribution is 6.30. The van der Waals surface area contributed by atoms with Gasteiger partial charge < -0.3 is 10.5 Å². The van der Waals surface area contributed by atoms with E-state index in [2.05, 4.69) is 9.72 Å². The molecule has 0 saturated heterocycles. The lowest BCUT2D eigenvalue weighted by Crippen LogP contribution is -2.19. The fourth-order valence-corrected chi connectivity index (χ4v) is 1.06. The van der Waals surface area contributed by atoms with Gasteiger partial charge in [0.05, 0.1) is 0 Å². The standard InChI is InChI=1S/C7H6ClF3N2O/c8-6-5(14-7(9,10)11)4(3-12)1-2-13-6/h1-2H,3,12H2. The van der Waals surface area contributed by atoms with Gasteiger partial charge in [-0.2, -0.15) is 0 Å². The van der Waals surface area contributed by atoms with Crippen LogP contribution in [-0.4, -0.2) is 11.3 Å². The first kappa shape index (κ1) is 11.1. The van der Waals surface area contributed by atoms with Crippen molar-refractivity contribution >= 4 is 11.6 Å². The Kier molecular flexibility index (Phi) is 3.17. The lowest BCUT2D eigenvalue weighted by Gasteiger charge is -2.12. The van der Waals surface area contributed by atoms with Crippen molar-refractivity contribution in [2.24, 2.45) is 5.73 Å². The Morgan fingerprint density at radius 1 is 1.50 bits per heavy atom. The molecule has 0 aliphatic heterocycles. The summed E-state index contributed by atoms with van der Waals surface area (Å²) in [7, 11) is 0. The van der Waals surface area contributed by atoms with Crippen molar-refractivity contribution in [2.75, 3.05) is 0 Å². The average molecular weight is 227 g/mol. The molecule has 0 aliphatic carbocycles. The Morgan fingerprint density at radius 2 is 2.14 bits per heavy atom. The summed E-state index contributed by atoms with van der Waals surface area (Å²) in [6.45, 7) is -0.104. The van der Waals surface area contributed by atoms with Crippen molar-refractivity contribution in [3.8, 4) is 5.75 Å². The molecule has 0 saturated carbocycles. The molecule has 1 aromatic heterocycles. The number of pyridine rings is 1. The van der Waals surface area contributed by atoms with Gasteiger partial charge in [0.25, 0.3) is 0 Å². The third kappa shape index (κ3) is 2.74. The minimum atomic E-state index is -4.80. The molecule has 0 spiro atoms. The fraction of sp³-hybridized carbons (Fsp3) is 0.286. The summed E-state index contributed by atoms with van der Waals surface area (Å²) >= 11 is 5.42. The number of hydrogen-bond donors (Lipinski definition) is 1. The van der Waals surface area contributed by atoms with E-state index in [1.165, 1.54) is 12.3 Å². The quantitative estimate of drug-likeness (QED) is 0.786. The van der Waals surface area contributed by atoms with Gasteiger partial charge in [0.2, 0.25) is 0 Å². The molecule has 14 heavy (non-hydrogen) atoms. The number of aromatic nitrogens is 1. The van der Waals surface area contributed by atoms with Crippen LogP contribution in [0.25, 0.3) is 0 Å². The topological polar surface area (TPSA) is 48.1 Å². The first-order valence-corrected chi connectivity index (χ1v) is 3.91. The molecule has 1 aromatic rings. The second kappa shape index (κ2) is 4.02. The van der Waals surface area contributed by atoms with Gasteiger partial charge in [-0.1, -0.05) is 11.6 Å². The molecule has 1 rings (SSSR count). The van der Waals surface area contributed by atoms with Gasteiger partial charge in [0.1, 0.15) is 0 Å². The van der Waals surface area contributed by atoms with E-state index < -0.39 is 12.1 Å². The van der Waals surface area contributed by atoms with E-state index in [9.17, 15) is 13.2 Å². The van der Waals surface area contributed by atoms with E-state index in [1.54, 1.807) is 0 Å². The highest BCUT2D eigenvalue weighted by atomic mass is 35.5. The molecule has 0 bridgehead atoms. The summed E-state index contributed by atoms with van der Waals surface area (Å²) in [5, 5.41) is -0.356. The molecule has 0 aromatic carbocycles. The Bertz CT molecular complexity index is 329. The van der Waals surface area contributed by atoms with E-state index in [1.807, 2.05) is 0 Å². The third-order valence-corrected chi connectivity index (χ3v) is 1.65. The highest BCUT2D eigenvalue weighted by Crippen LogP contribution is 2.31. The molecule has 3 nitrogen and oxygen atoms in total. The summed E-state index contributed by atoms with van der Waals surface area (Å²) in [5.74, 6) is -0.538. The summed E-state index contributed by atoms with van der Waals surface area (Å²) in [4.78, 5) is 3.46. The number of halogens is 4. The first-order chi connectivity index (χ1) is 6.44. The van der Waals surface area contributed by atoms with Crippen LogP contribution >= 0.6 is 11.6 Å². The Hall–Kier alpha value is -1.01. The van der Waals surface area contributed by atoms with Gasteiger partial charge in [-0.3, -0.25) is 0 Å². The predicted octanol–water partition coefficient (Wildman–Crippen LogP) is 2.09. The lowest BCUT2D eigenvalue weighted by molar-refractivity contribution is -0.275. The summed E-state index contributed by atoms with van der Waals surface area (Å²) < 4.78 is 39.3. The second-order valence-electron chi connectivity index (χ2n) is 2.34. The van der Waals surface area contributed by atoms with Gasteiger partial charge >= 0.3 is 6.36 Å². The number of hydrogen-bond acceptors (Lipinski definition) is 3. The van der Waals surface area contributed by atoms with E-state index in [0.29, 0.717) is 0 Å². The molecule has 2 N–H and O–H groups in total. The molecule has 1 heterocycles. The molecule has 0 radical (unpaired) electrons. The van der Waals surface area contributed by atoms with Crippen molar-refractivity contribution in [3.63, 3.8) is 0 Å². The number of nitrogens with two attached hydrogens (primary N) is 1. The average Bonchev–Trinajstić information content (AvgIpc) is 2.06. The second-order valence-corrected chi connectivity index (χ2v) is 2.70. The lowest BCUT2D eigenvalue weighted by atomic mass is 10.2. The van der Waals surface area contributed by atoms with Crippen molar-refractivity contribution in [2.45, 2.75) is 12.9 Å². The number of nitrogens with zero attached hydrogens (tertiary/aromatic N) is 1. The van der Waals surface area contributed by atoms with Crippen LogP contribution in [0, 0.1) is 0 Å². The van der Waals surface area contributed by atoms with Crippen molar-refractivity contribution in [3.05, 3.63) is 23.0 Å². The molecule has 7 heteroatoms. The fourth-order valence-electron chi connectivity index (χ4n) is 0.844. The number of rotatable bonds is 2. The SMILES string of the molecule is NCc1ccnc(Cl)c1OC(F)(F)F. The zero-order valence-electron chi connectivity index (χ0n) is 6.81. The maximum absolute atomic E-state index is 11.9. The monoisotopic (exact) mass is 226 g/mol. The third-order valence-electron chi connectivity index (χ3n) is 1.38. The Balaban J connectivity index is 3.05. The van der Waals surface area contributed by atoms with Crippen LogP contribution in [0.2, 0.25) is 5.15 Å². The Labute approximate surface area is 82.6 Å². The smallest absolute Gasteiger partial charge is 0.402 e. The maximum Gasteiger partial charge on any atom is 0.573 e. The summed E-state index contributed by atoms with van der Waals surface area (Å²) in [6.07, 6.45) is -3.54. The van der Waals surface area contributed by atoms with Crippen LogP contribution in [0.4, 0.5) is 13.2 Å². The minimum Gasteiger partial charge on any atom is -0.402 e. The summed E-state index contributed by atoms with van der Waals surface area (Å²) in [6, 6.07) is 1.31. The highest BCUT2D eigenvalue weighted by Gasteiger charge is 2.33. The molecular weight excluding hydrogens is 221 g/mol. The number of ether oxygens (including phenoxy) is 1. The van der Waals surface area contributed by atoms with Crippen LogP contribution in [0.1, 0.15) is 5.56 Å². The van der Waals surface area contributed by atoms with Crippen LogP contribution in [0.5, 0.6) is 5.75 Å². The summed E-state index contributed by atoms with van der Waals surface area (Å²) in [5.41, 5.74) is 5.36. The zero-order valence-corrected chi connectivity index (χ0v) is 7.56. The first-order valence-electron chi connectivity index (χ1n) is 3.53. The van der Waals surface area contributed by atoms with Gasteiger partial charge in [-0.25, -0.2) is 4.98 Å². The van der Waals surface area contributed by atoms with Gasteiger partial charge in [0.15, 0.2) is 10.9 Å². The molecule has 0 amide bonds. The van der Waals surface area contributed by atoms with E-state index in [0.717, 1.165) is 0 Å². The molecular formula is C7H6ClF3N2O.